The molecule has 0 aliphatic rings. The van der Waals surface area contributed by atoms with Crippen LogP contribution in [0.4, 0.5) is 11.4 Å². The Labute approximate surface area is 121 Å². The smallest absolute Gasteiger partial charge is 0.310 e. The number of rotatable bonds is 7. The van der Waals surface area contributed by atoms with Gasteiger partial charge in [-0.15, -0.1) is 0 Å². The monoisotopic (exact) mass is 316 g/mol. The molecule has 0 saturated carbocycles. The van der Waals surface area contributed by atoms with E-state index in [0.717, 1.165) is 12.3 Å². The van der Waals surface area contributed by atoms with Gasteiger partial charge in [-0.25, -0.2) is 8.42 Å². The van der Waals surface area contributed by atoms with Crippen LogP contribution in [-0.4, -0.2) is 36.7 Å². The van der Waals surface area contributed by atoms with Crippen molar-refractivity contribution < 1.29 is 23.2 Å². The Hall–Kier alpha value is -2.16. The van der Waals surface area contributed by atoms with E-state index in [-0.39, 0.29) is 12.1 Å². The predicted molar refractivity (Wildman–Crippen MR) is 76.2 cm³/mol. The van der Waals surface area contributed by atoms with Crippen LogP contribution in [0.25, 0.3) is 0 Å². The molecule has 21 heavy (non-hydrogen) atoms. The molecule has 0 aliphatic carbocycles. The highest BCUT2D eigenvalue weighted by molar-refractivity contribution is 7.90. The highest BCUT2D eigenvalue weighted by atomic mass is 32.2. The lowest BCUT2D eigenvalue weighted by molar-refractivity contribution is -0.386. The Balaban J connectivity index is 3.30. The van der Waals surface area contributed by atoms with Crippen molar-refractivity contribution in [2.75, 3.05) is 11.6 Å². The van der Waals surface area contributed by atoms with E-state index in [2.05, 4.69) is 5.32 Å². The standard InChI is InChI=1S/C12H16N2O6S/c1-3-8(7-11(15)16)13-9-5-4-6-10(21(2,19)20)12(9)14(17)18/h4-6,8,13H,3,7H2,1-2H3,(H,15,16). The van der Waals surface area contributed by atoms with Crippen LogP contribution in [0.3, 0.4) is 0 Å². The number of para-hydroxylation sites is 1. The second kappa shape index (κ2) is 6.53. The normalized spacial score (nSPS) is 12.7. The number of nitro groups is 1. The number of sulfone groups is 1. The van der Waals surface area contributed by atoms with Gasteiger partial charge in [0.05, 0.1) is 11.3 Å². The van der Waals surface area contributed by atoms with Crippen molar-refractivity contribution in [1.29, 1.82) is 0 Å². The maximum absolute atomic E-state index is 11.6. The molecular formula is C12H16N2O6S. The molecule has 1 aromatic rings. The van der Waals surface area contributed by atoms with Gasteiger partial charge in [-0.3, -0.25) is 14.9 Å². The van der Waals surface area contributed by atoms with Crippen molar-refractivity contribution in [3.05, 3.63) is 28.3 Å². The van der Waals surface area contributed by atoms with Crippen LogP contribution in [0.15, 0.2) is 23.1 Å². The van der Waals surface area contributed by atoms with Gasteiger partial charge in [0.2, 0.25) is 0 Å². The third kappa shape index (κ3) is 4.42. The average molecular weight is 316 g/mol. The summed E-state index contributed by atoms with van der Waals surface area (Å²) in [4.78, 5) is 20.7. The van der Waals surface area contributed by atoms with Gasteiger partial charge in [-0.1, -0.05) is 13.0 Å². The molecule has 9 heteroatoms. The fraction of sp³-hybridized carbons (Fsp3) is 0.417. The zero-order valence-corrected chi connectivity index (χ0v) is 12.4. The minimum atomic E-state index is -3.76. The van der Waals surface area contributed by atoms with Crippen LogP contribution in [-0.2, 0) is 14.6 Å². The van der Waals surface area contributed by atoms with E-state index in [1.807, 2.05) is 0 Å². The van der Waals surface area contributed by atoms with E-state index in [9.17, 15) is 23.3 Å². The number of hydrogen-bond acceptors (Lipinski definition) is 6. The molecule has 1 unspecified atom stereocenters. The summed E-state index contributed by atoms with van der Waals surface area (Å²) in [6.45, 7) is 1.73. The van der Waals surface area contributed by atoms with Gasteiger partial charge in [0.1, 0.15) is 10.6 Å². The molecule has 0 fully saturated rings. The summed E-state index contributed by atoms with van der Waals surface area (Å²) in [6.07, 6.45) is 1.08. The molecule has 1 aromatic carbocycles. The van der Waals surface area contributed by atoms with Gasteiger partial charge >= 0.3 is 11.7 Å². The zero-order chi connectivity index (χ0) is 16.2. The van der Waals surface area contributed by atoms with Crippen LogP contribution in [0.1, 0.15) is 19.8 Å². The van der Waals surface area contributed by atoms with Crippen molar-refractivity contribution in [3.63, 3.8) is 0 Å². The largest absolute Gasteiger partial charge is 0.481 e. The number of carbonyl (C=O) groups is 1. The second-order valence-corrected chi connectivity index (χ2v) is 6.51. The number of nitrogens with zero attached hydrogens (tertiary/aromatic N) is 1. The van der Waals surface area contributed by atoms with Crippen molar-refractivity contribution in [3.8, 4) is 0 Å². The molecule has 8 nitrogen and oxygen atoms in total. The summed E-state index contributed by atoms with van der Waals surface area (Å²) in [6, 6.07) is 3.35. The topological polar surface area (TPSA) is 127 Å². The Morgan fingerprint density at radius 1 is 1.48 bits per heavy atom. The van der Waals surface area contributed by atoms with E-state index in [1.54, 1.807) is 6.92 Å². The number of hydrogen-bond donors (Lipinski definition) is 2. The quantitative estimate of drug-likeness (QED) is 0.578. The molecule has 116 valence electrons. The third-order valence-corrected chi connectivity index (χ3v) is 3.98. The number of aliphatic carboxylic acids is 1. The number of anilines is 1. The summed E-state index contributed by atoms with van der Waals surface area (Å²) in [5.74, 6) is -1.05. The molecule has 0 bridgehead atoms. The van der Waals surface area contributed by atoms with E-state index >= 15 is 0 Å². The van der Waals surface area contributed by atoms with Crippen molar-refractivity contribution in [2.45, 2.75) is 30.7 Å². The molecule has 0 spiro atoms. The van der Waals surface area contributed by atoms with Crippen LogP contribution in [0.5, 0.6) is 0 Å². The van der Waals surface area contributed by atoms with Crippen LogP contribution in [0.2, 0.25) is 0 Å². The first kappa shape index (κ1) is 16.9. The zero-order valence-electron chi connectivity index (χ0n) is 11.6. The van der Waals surface area contributed by atoms with Gasteiger partial charge in [-0.05, 0) is 18.6 Å². The maximum atomic E-state index is 11.6. The highest BCUT2D eigenvalue weighted by Gasteiger charge is 2.27. The molecular weight excluding hydrogens is 300 g/mol. The molecule has 0 aliphatic heterocycles. The number of benzene rings is 1. The van der Waals surface area contributed by atoms with Gasteiger partial charge in [-0.2, -0.15) is 0 Å². The average Bonchev–Trinajstić information content (AvgIpc) is 2.35. The van der Waals surface area contributed by atoms with E-state index in [1.165, 1.54) is 12.1 Å². The minimum Gasteiger partial charge on any atom is -0.481 e. The van der Waals surface area contributed by atoms with Gasteiger partial charge in [0, 0.05) is 12.3 Å². The number of nitro benzene ring substituents is 1. The summed E-state index contributed by atoms with van der Waals surface area (Å²) < 4.78 is 23.2. The molecule has 0 aromatic heterocycles. The first-order valence-electron chi connectivity index (χ1n) is 6.12. The Morgan fingerprint density at radius 2 is 2.10 bits per heavy atom. The first-order chi connectivity index (χ1) is 9.66. The van der Waals surface area contributed by atoms with Gasteiger partial charge in [0.25, 0.3) is 0 Å². The minimum absolute atomic E-state index is 0.00368. The van der Waals surface area contributed by atoms with Gasteiger partial charge in [0.15, 0.2) is 9.84 Å². The van der Waals surface area contributed by atoms with Crippen LogP contribution < -0.4 is 5.32 Å². The van der Waals surface area contributed by atoms with Crippen molar-refractivity contribution in [2.24, 2.45) is 0 Å². The Morgan fingerprint density at radius 3 is 2.52 bits per heavy atom. The van der Waals surface area contributed by atoms with Crippen LogP contribution >= 0.6 is 0 Å². The van der Waals surface area contributed by atoms with E-state index < -0.39 is 37.4 Å². The highest BCUT2D eigenvalue weighted by Crippen LogP contribution is 2.32. The fourth-order valence-corrected chi connectivity index (χ4v) is 2.72. The maximum Gasteiger partial charge on any atom is 0.310 e. The SMILES string of the molecule is CCC(CC(=O)O)Nc1cccc(S(C)(=O)=O)c1[N+](=O)[O-]. The lowest BCUT2D eigenvalue weighted by Gasteiger charge is -2.17. The number of carboxylic acids is 1. The predicted octanol–water partition coefficient (Wildman–Crippen LogP) is 1.66. The Kier molecular flexibility index (Phi) is 5.25. The van der Waals surface area contributed by atoms with E-state index in [4.69, 9.17) is 5.11 Å². The number of carboxylic acid groups (broad SMARTS) is 1. The lowest BCUT2D eigenvalue weighted by atomic mass is 10.1. The van der Waals surface area contributed by atoms with Crippen LogP contribution in [0, 0.1) is 10.1 Å². The molecule has 2 N–H and O–H groups in total. The molecule has 1 atom stereocenters. The first-order valence-corrected chi connectivity index (χ1v) is 8.01. The molecule has 0 amide bonds. The molecule has 0 heterocycles. The summed E-state index contributed by atoms with van der Waals surface area (Å²) in [5, 5.41) is 22.7. The molecule has 1 rings (SSSR count). The molecule has 0 saturated heterocycles. The third-order valence-electron chi connectivity index (χ3n) is 2.85. The summed E-state index contributed by atoms with van der Waals surface area (Å²) >= 11 is 0. The van der Waals surface area contributed by atoms with Crippen molar-refractivity contribution in [1.82, 2.24) is 0 Å². The summed E-state index contributed by atoms with van der Waals surface area (Å²) in [7, 11) is -3.76. The number of nitrogens with one attached hydrogen (secondary N) is 1. The van der Waals surface area contributed by atoms with Crippen molar-refractivity contribution >= 4 is 27.2 Å². The fourth-order valence-electron chi connectivity index (χ4n) is 1.85. The van der Waals surface area contributed by atoms with Gasteiger partial charge < -0.3 is 10.4 Å². The summed E-state index contributed by atoms with van der Waals surface area (Å²) in [5.41, 5.74) is -0.570. The van der Waals surface area contributed by atoms with E-state index in [0.29, 0.717) is 6.42 Å². The lowest BCUT2D eigenvalue weighted by Crippen LogP contribution is -2.23. The molecule has 0 radical (unpaired) electrons. The Bertz CT molecular complexity index is 656. The second-order valence-electron chi connectivity index (χ2n) is 4.53.